The molecule has 3 aromatic rings. The zero-order chi connectivity index (χ0) is 21.1. The molecule has 1 amide bonds. The molecule has 1 unspecified atom stereocenters. The van der Waals surface area contributed by atoms with Crippen LogP contribution >= 0.6 is 34.8 Å². The van der Waals surface area contributed by atoms with Crippen LogP contribution in [0.2, 0.25) is 15.2 Å². The highest BCUT2D eigenvalue weighted by molar-refractivity contribution is 6.37. The van der Waals surface area contributed by atoms with Gasteiger partial charge in [0, 0.05) is 17.3 Å². The van der Waals surface area contributed by atoms with E-state index in [0.29, 0.717) is 12.0 Å². The van der Waals surface area contributed by atoms with Crippen molar-refractivity contribution in [3.8, 4) is 11.6 Å². The Morgan fingerprint density at radius 1 is 1.28 bits per heavy atom. The first-order valence-corrected chi connectivity index (χ1v) is 9.17. The van der Waals surface area contributed by atoms with E-state index in [0.717, 1.165) is 0 Å². The summed E-state index contributed by atoms with van der Waals surface area (Å²) in [5.41, 5.74) is 0.558. The van der Waals surface area contributed by atoms with Gasteiger partial charge in [-0.2, -0.15) is 0 Å². The van der Waals surface area contributed by atoms with Gasteiger partial charge in [0.15, 0.2) is 10.9 Å². The highest BCUT2D eigenvalue weighted by Crippen LogP contribution is 2.39. The molecule has 2 heterocycles. The van der Waals surface area contributed by atoms with Crippen LogP contribution in [0.15, 0.2) is 27.5 Å². The summed E-state index contributed by atoms with van der Waals surface area (Å²) in [5.74, 6) is -1.86. The molecule has 3 N–H and O–H groups in total. The van der Waals surface area contributed by atoms with Crippen LogP contribution in [0.3, 0.4) is 0 Å². The lowest BCUT2D eigenvalue weighted by Crippen LogP contribution is -2.15. The maximum absolute atomic E-state index is 12.0. The Balaban J connectivity index is 1.83. The van der Waals surface area contributed by atoms with E-state index in [-0.39, 0.29) is 38.3 Å². The van der Waals surface area contributed by atoms with Crippen LogP contribution in [0.4, 0.5) is 5.69 Å². The van der Waals surface area contributed by atoms with E-state index in [9.17, 15) is 14.7 Å². The zero-order valence-electron chi connectivity index (χ0n) is 14.6. The van der Waals surface area contributed by atoms with Crippen LogP contribution < -0.4 is 15.8 Å². The number of aliphatic hydroxyl groups excluding tert-OH is 1. The van der Waals surface area contributed by atoms with E-state index in [2.05, 4.69) is 30.2 Å². The number of carbonyl (C=O) groups is 1. The van der Waals surface area contributed by atoms with Gasteiger partial charge in [-0.15, -0.1) is 10.2 Å². The monoisotopic (exact) mass is 459 g/mol. The minimum atomic E-state index is -0.869. The Morgan fingerprint density at radius 3 is 2.55 bits per heavy atom. The number of H-pyrrole nitrogens is 1. The predicted molar refractivity (Wildman–Crippen MR) is 104 cm³/mol. The van der Waals surface area contributed by atoms with Crippen LogP contribution in [0.25, 0.3) is 0 Å². The highest BCUT2D eigenvalue weighted by atomic mass is 35.5. The number of aromatic nitrogens is 4. The molecule has 10 nitrogen and oxygen atoms in total. The second-order valence-electron chi connectivity index (χ2n) is 5.62. The molecule has 0 aliphatic carbocycles. The maximum atomic E-state index is 12.0. The first-order chi connectivity index (χ1) is 13.8. The summed E-state index contributed by atoms with van der Waals surface area (Å²) >= 11 is 18.3. The average Bonchev–Trinajstić information content (AvgIpc) is 3.12. The van der Waals surface area contributed by atoms with Gasteiger partial charge in [-0.25, -0.2) is 4.79 Å². The van der Waals surface area contributed by atoms with Gasteiger partial charge in [-0.3, -0.25) is 14.3 Å². The summed E-state index contributed by atoms with van der Waals surface area (Å²) in [5, 5.41) is 23.4. The third-order valence-electron chi connectivity index (χ3n) is 3.62. The standard InChI is InChI=1S/C16H12Cl3N5O5/c1-2-10(25)7-5-11(22-23-13(7)19)28-12-8(17)3-6(4-9(12)18)20-15(26)14-21-16(27)29-24-14/h3-5,10,25H,2H2,1H3,(H,20,26)(H,21,24,27). The molecule has 0 fully saturated rings. The van der Waals surface area contributed by atoms with E-state index >= 15 is 0 Å². The van der Waals surface area contributed by atoms with Gasteiger partial charge in [0.1, 0.15) is 0 Å². The summed E-state index contributed by atoms with van der Waals surface area (Å²) in [6.07, 6.45) is -0.427. The highest BCUT2D eigenvalue weighted by Gasteiger charge is 2.18. The molecule has 1 aromatic carbocycles. The molecule has 0 saturated carbocycles. The van der Waals surface area contributed by atoms with Crippen LogP contribution in [-0.4, -0.2) is 31.4 Å². The number of anilines is 1. The van der Waals surface area contributed by atoms with Crippen LogP contribution in [0, 0.1) is 0 Å². The number of aliphatic hydroxyl groups is 1. The minimum absolute atomic E-state index is 0.0117. The molecular weight excluding hydrogens is 449 g/mol. The number of ether oxygens (including phenoxy) is 1. The van der Waals surface area contributed by atoms with Crippen LogP contribution in [0.5, 0.6) is 11.6 Å². The molecule has 152 valence electrons. The summed E-state index contributed by atoms with van der Waals surface area (Å²) in [6.45, 7) is 1.78. The van der Waals surface area contributed by atoms with Crippen molar-refractivity contribution in [1.82, 2.24) is 20.3 Å². The third kappa shape index (κ3) is 4.85. The summed E-state index contributed by atoms with van der Waals surface area (Å²) in [6, 6.07) is 4.15. The van der Waals surface area contributed by atoms with Crippen molar-refractivity contribution in [3.63, 3.8) is 0 Å². The normalized spacial score (nSPS) is 11.9. The molecule has 13 heteroatoms. The number of halogens is 3. The molecule has 1 atom stereocenters. The van der Waals surface area contributed by atoms with E-state index < -0.39 is 17.8 Å². The van der Waals surface area contributed by atoms with E-state index in [1.54, 1.807) is 6.92 Å². The molecule has 29 heavy (non-hydrogen) atoms. The van der Waals surface area contributed by atoms with E-state index in [1.165, 1.54) is 18.2 Å². The topological polar surface area (TPSA) is 143 Å². The van der Waals surface area contributed by atoms with Gasteiger partial charge in [0.05, 0.1) is 16.1 Å². The molecule has 0 saturated heterocycles. The number of benzene rings is 1. The van der Waals surface area contributed by atoms with Crippen molar-refractivity contribution in [2.24, 2.45) is 0 Å². The van der Waals surface area contributed by atoms with Crippen molar-refractivity contribution in [1.29, 1.82) is 0 Å². The fourth-order valence-corrected chi connectivity index (χ4v) is 3.01. The molecule has 3 rings (SSSR count). The lowest BCUT2D eigenvalue weighted by atomic mass is 10.1. The number of hydrogen-bond donors (Lipinski definition) is 3. The fourth-order valence-electron chi connectivity index (χ4n) is 2.23. The summed E-state index contributed by atoms with van der Waals surface area (Å²) in [7, 11) is 0. The number of nitrogens with one attached hydrogen (secondary N) is 2. The van der Waals surface area contributed by atoms with Crippen LogP contribution in [0.1, 0.15) is 35.6 Å². The lowest BCUT2D eigenvalue weighted by Gasteiger charge is -2.13. The van der Waals surface area contributed by atoms with Crippen LogP contribution in [-0.2, 0) is 0 Å². The molecule has 0 radical (unpaired) electrons. The first-order valence-electron chi connectivity index (χ1n) is 8.04. The quantitative estimate of drug-likeness (QED) is 0.506. The molecule has 0 aliphatic heterocycles. The van der Waals surface area contributed by atoms with E-state index in [1.807, 2.05) is 0 Å². The summed E-state index contributed by atoms with van der Waals surface area (Å²) < 4.78 is 9.85. The van der Waals surface area contributed by atoms with Gasteiger partial charge < -0.3 is 15.2 Å². The maximum Gasteiger partial charge on any atom is 0.439 e. The first kappa shape index (κ1) is 21.1. The second-order valence-corrected chi connectivity index (χ2v) is 6.79. The zero-order valence-corrected chi connectivity index (χ0v) is 16.8. The lowest BCUT2D eigenvalue weighted by molar-refractivity contribution is 0.101. The molecular formula is C16H12Cl3N5O5. The van der Waals surface area contributed by atoms with Crippen molar-refractivity contribution >= 4 is 46.4 Å². The van der Waals surface area contributed by atoms with Gasteiger partial charge in [0.25, 0.3) is 5.91 Å². The molecule has 0 bridgehead atoms. The van der Waals surface area contributed by atoms with Gasteiger partial charge in [-0.1, -0.05) is 41.7 Å². The van der Waals surface area contributed by atoms with Crippen molar-refractivity contribution in [3.05, 3.63) is 55.3 Å². The Labute approximate surface area is 177 Å². The Kier molecular flexibility index (Phi) is 6.38. The van der Waals surface area contributed by atoms with Crippen molar-refractivity contribution in [2.75, 3.05) is 5.32 Å². The third-order valence-corrected chi connectivity index (χ3v) is 4.47. The number of nitrogens with zero attached hydrogens (tertiary/aromatic N) is 3. The average molecular weight is 461 g/mol. The fraction of sp³-hybridized carbons (Fsp3) is 0.188. The number of hydrogen-bond acceptors (Lipinski definition) is 8. The van der Waals surface area contributed by atoms with Gasteiger partial charge >= 0.3 is 5.76 Å². The number of rotatable bonds is 6. The largest absolute Gasteiger partial charge is 0.439 e. The molecule has 0 spiro atoms. The smallest absolute Gasteiger partial charge is 0.434 e. The second kappa shape index (κ2) is 8.78. The molecule has 2 aromatic heterocycles. The minimum Gasteiger partial charge on any atom is -0.434 e. The number of carbonyl (C=O) groups excluding carboxylic acids is 1. The SMILES string of the molecule is CCC(O)c1cc(Oc2c(Cl)cc(NC(=O)c3noc(=O)[nH]3)cc2Cl)nnc1Cl. The Hall–Kier alpha value is -2.66. The Bertz CT molecular complexity index is 1090. The van der Waals surface area contributed by atoms with Crippen molar-refractivity contribution in [2.45, 2.75) is 19.4 Å². The van der Waals surface area contributed by atoms with Gasteiger partial charge in [-0.05, 0) is 23.7 Å². The van der Waals surface area contributed by atoms with Crippen molar-refractivity contribution < 1.29 is 19.2 Å². The molecule has 0 aliphatic rings. The van der Waals surface area contributed by atoms with E-state index in [4.69, 9.17) is 39.5 Å². The number of amides is 1. The van der Waals surface area contributed by atoms with Gasteiger partial charge in [0.2, 0.25) is 11.7 Å². The Morgan fingerprint density at radius 2 is 1.97 bits per heavy atom. The predicted octanol–water partition coefficient (Wildman–Crippen LogP) is 3.60. The number of aromatic amines is 1. The summed E-state index contributed by atoms with van der Waals surface area (Å²) in [4.78, 5) is 25.0.